The Morgan fingerprint density at radius 3 is 2.83 bits per heavy atom. The van der Waals surface area contributed by atoms with Crippen LogP contribution in [0.2, 0.25) is 0 Å². The van der Waals surface area contributed by atoms with Crippen LogP contribution >= 0.6 is 11.3 Å². The van der Waals surface area contributed by atoms with Crippen molar-refractivity contribution in [3.05, 3.63) is 46.4 Å². The molecule has 0 spiro atoms. The molecule has 0 aliphatic heterocycles. The van der Waals surface area contributed by atoms with Crippen molar-refractivity contribution >= 4 is 23.2 Å². The number of benzene rings is 1. The van der Waals surface area contributed by atoms with Crippen LogP contribution in [0.25, 0.3) is 0 Å². The predicted octanol–water partition coefficient (Wildman–Crippen LogP) is 2.95. The molecule has 0 aliphatic rings. The minimum absolute atomic E-state index is 0.157. The number of amides is 1. The number of carbonyl (C=O) groups is 2. The second-order valence-corrected chi connectivity index (χ2v) is 6.19. The number of aliphatic carboxylic acids is 1. The van der Waals surface area contributed by atoms with Crippen molar-refractivity contribution in [2.24, 2.45) is 5.92 Å². The Morgan fingerprint density at radius 2 is 2.21 bits per heavy atom. The van der Waals surface area contributed by atoms with Gasteiger partial charge in [0.15, 0.2) is 0 Å². The number of carboxylic acid groups (broad SMARTS) is 1. The number of rotatable bonds is 8. The Hall–Kier alpha value is -2.41. The molecule has 0 radical (unpaired) electrons. The molecular formula is C17H20N2O4S. The molecule has 1 aromatic carbocycles. The summed E-state index contributed by atoms with van der Waals surface area (Å²) in [4.78, 5) is 27.8. The Balaban J connectivity index is 2.03. The molecule has 0 saturated heterocycles. The van der Waals surface area contributed by atoms with E-state index in [1.54, 1.807) is 36.7 Å². The third-order valence-electron chi connectivity index (χ3n) is 3.73. The van der Waals surface area contributed by atoms with Crippen molar-refractivity contribution in [1.82, 2.24) is 10.3 Å². The van der Waals surface area contributed by atoms with Gasteiger partial charge in [0.05, 0.1) is 11.2 Å². The molecule has 0 bridgehead atoms. The summed E-state index contributed by atoms with van der Waals surface area (Å²) < 4.78 is 5.61. The monoisotopic (exact) mass is 348 g/mol. The lowest BCUT2D eigenvalue weighted by atomic mass is 9.99. The van der Waals surface area contributed by atoms with Crippen molar-refractivity contribution < 1.29 is 19.4 Å². The SMILES string of the molecule is CC[C@H](C)[C@H](NC(=O)c1cccc(OCc2cscn2)c1)C(=O)O. The van der Waals surface area contributed by atoms with Gasteiger partial charge < -0.3 is 15.2 Å². The first-order valence-corrected chi connectivity index (χ1v) is 8.59. The predicted molar refractivity (Wildman–Crippen MR) is 91.2 cm³/mol. The molecule has 1 aromatic heterocycles. The average Bonchev–Trinajstić information content (AvgIpc) is 3.10. The number of nitrogens with zero attached hydrogens (tertiary/aromatic N) is 1. The molecule has 7 heteroatoms. The van der Waals surface area contributed by atoms with E-state index in [0.29, 0.717) is 24.3 Å². The molecule has 2 aromatic rings. The summed E-state index contributed by atoms with van der Waals surface area (Å²) in [6.45, 7) is 4.01. The maximum Gasteiger partial charge on any atom is 0.326 e. The zero-order valence-corrected chi connectivity index (χ0v) is 14.4. The molecule has 2 rings (SSSR count). The van der Waals surface area contributed by atoms with E-state index >= 15 is 0 Å². The van der Waals surface area contributed by atoms with Gasteiger partial charge in [-0.25, -0.2) is 9.78 Å². The Bertz CT molecular complexity index is 688. The summed E-state index contributed by atoms with van der Waals surface area (Å²) >= 11 is 1.49. The number of hydrogen-bond acceptors (Lipinski definition) is 5. The summed E-state index contributed by atoms with van der Waals surface area (Å²) in [5.41, 5.74) is 2.90. The van der Waals surface area contributed by atoms with Gasteiger partial charge in [-0.05, 0) is 24.1 Å². The smallest absolute Gasteiger partial charge is 0.326 e. The van der Waals surface area contributed by atoms with Gasteiger partial charge in [0.1, 0.15) is 18.4 Å². The van der Waals surface area contributed by atoms with Crippen molar-refractivity contribution in [2.75, 3.05) is 0 Å². The molecule has 0 saturated carbocycles. The van der Waals surface area contributed by atoms with Gasteiger partial charge in [0.2, 0.25) is 0 Å². The van der Waals surface area contributed by atoms with E-state index in [4.69, 9.17) is 4.74 Å². The zero-order chi connectivity index (χ0) is 17.5. The summed E-state index contributed by atoms with van der Waals surface area (Å²) in [5, 5.41) is 13.7. The molecule has 6 nitrogen and oxygen atoms in total. The van der Waals surface area contributed by atoms with Crippen molar-refractivity contribution in [3.63, 3.8) is 0 Å². The largest absolute Gasteiger partial charge is 0.487 e. The van der Waals surface area contributed by atoms with Crippen molar-refractivity contribution in [1.29, 1.82) is 0 Å². The molecule has 1 amide bonds. The van der Waals surface area contributed by atoms with E-state index in [1.807, 2.05) is 12.3 Å². The minimum Gasteiger partial charge on any atom is -0.487 e. The van der Waals surface area contributed by atoms with Crippen LogP contribution in [0.5, 0.6) is 5.75 Å². The van der Waals surface area contributed by atoms with E-state index in [-0.39, 0.29) is 5.92 Å². The first-order valence-electron chi connectivity index (χ1n) is 7.64. The fraction of sp³-hybridized carbons (Fsp3) is 0.353. The van der Waals surface area contributed by atoms with Crippen LogP contribution in [0.15, 0.2) is 35.2 Å². The van der Waals surface area contributed by atoms with Gasteiger partial charge in [-0.2, -0.15) is 0 Å². The van der Waals surface area contributed by atoms with Crippen LogP contribution < -0.4 is 10.1 Å². The average molecular weight is 348 g/mol. The molecule has 1 heterocycles. The highest BCUT2D eigenvalue weighted by Gasteiger charge is 2.25. The normalized spacial score (nSPS) is 13.1. The molecule has 24 heavy (non-hydrogen) atoms. The molecular weight excluding hydrogens is 328 g/mol. The maximum atomic E-state index is 12.3. The summed E-state index contributed by atoms with van der Waals surface area (Å²) in [7, 11) is 0. The highest BCUT2D eigenvalue weighted by Crippen LogP contribution is 2.16. The molecule has 0 fully saturated rings. The highest BCUT2D eigenvalue weighted by molar-refractivity contribution is 7.07. The van der Waals surface area contributed by atoms with Gasteiger partial charge in [0, 0.05) is 10.9 Å². The molecule has 2 atom stereocenters. The second-order valence-electron chi connectivity index (χ2n) is 5.47. The summed E-state index contributed by atoms with van der Waals surface area (Å²) in [6.07, 6.45) is 0.661. The van der Waals surface area contributed by atoms with Gasteiger partial charge >= 0.3 is 5.97 Å². The van der Waals surface area contributed by atoms with E-state index in [9.17, 15) is 14.7 Å². The van der Waals surface area contributed by atoms with Gasteiger partial charge in [-0.3, -0.25) is 4.79 Å². The van der Waals surface area contributed by atoms with Gasteiger partial charge in [-0.15, -0.1) is 11.3 Å². The molecule has 0 unspecified atom stereocenters. The number of nitrogens with one attached hydrogen (secondary N) is 1. The third-order valence-corrected chi connectivity index (χ3v) is 4.37. The summed E-state index contributed by atoms with van der Waals surface area (Å²) in [5.74, 6) is -1.09. The fourth-order valence-electron chi connectivity index (χ4n) is 2.10. The van der Waals surface area contributed by atoms with Crippen LogP contribution in [0.4, 0.5) is 0 Å². The number of ether oxygens (including phenoxy) is 1. The lowest BCUT2D eigenvalue weighted by Crippen LogP contribution is -2.45. The van der Waals surface area contributed by atoms with E-state index < -0.39 is 17.9 Å². The molecule has 0 aliphatic carbocycles. The fourth-order valence-corrected chi connectivity index (χ4v) is 2.64. The van der Waals surface area contributed by atoms with Gasteiger partial charge in [0.25, 0.3) is 5.91 Å². The zero-order valence-electron chi connectivity index (χ0n) is 13.6. The van der Waals surface area contributed by atoms with Crippen LogP contribution in [0, 0.1) is 5.92 Å². The second kappa shape index (κ2) is 8.44. The van der Waals surface area contributed by atoms with Crippen LogP contribution in [0.3, 0.4) is 0 Å². The topological polar surface area (TPSA) is 88.5 Å². The molecule has 128 valence electrons. The van der Waals surface area contributed by atoms with E-state index in [2.05, 4.69) is 10.3 Å². The Morgan fingerprint density at radius 1 is 1.42 bits per heavy atom. The van der Waals surface area contributed by atoms with Crippen LogP contribution in [-0.2, 0) is 11.4 Å². The van der Waals surface area contributed by atoms with Crippen molar-refractivity contribution in [2.45, 2.75) is 32.9 Å². The first kappa shape index (κ1) is 17.9. The maximum absolute atomic E-state index is 12.3. The van der Waals surface area contributed by atoms with E-state index in [0.717, 1.165) is 5.69 Å². The lowest BCUT2D eigenvalue weighted by molar-refractivity contribution is -0.140. The van der Waals surface area contributed by atoms with Gasteiger partial charge in [-0.1, -0.05) is 26.3 Å². The summed E-state index contributed by atoms with van der Waals surface area (Å²) in [6, 6.07) is 5.75. The minimum atomic E-state index is -1.03. The number of carbonyl (C=O) groups excluding carboxylic acids is 1. The third kappa shape index (κ3) is 4.79. The Labute approximate surface area is 144 Å². The number of aromatic nitrogens is 1. The number of hydrogen-bond donors (Lipinski definition) is 2. The highest BCUT2D eigenvalue weighted by atomic mass is 32.1. The van der Waals surface area contributed by atoms with Crippen LogP contribution in [0.1, 0.15) is 36.3 Å². The lowest BCUT2D eigenvalue weighted by Gasteiger charge is -2.20. The Kier molecular flexibility index (Phi) is 6.31. The van der Waals surface area contributed by atoms with Crippen LogP contribution in [-0.4, -0.2) is 28.0 Å². The molecule has 2 N–H and O–H groups in total. The quantitative estimate of drug-likeness (QED) is 0.766. The number of thiazole rings is 1. The standard InChI is InChI=1S/C17H20N2O4S/c1-3-11(2)15(17(21)22)19-16(20)12-5-4-6-14(7-12)23-8-13-9-24-10-18-13/h4-7,9-11,15H,3,8H2,1-2H3,(H,19,20)(H,21,22)/t11-,15-/m0/s1. The first-order chi connectivity index (χ1) is 11.5. The number of carboxylic acids is 1. The van der Waals surface area contributed by atoms with Crippen molar-refractivity contribution in [3.8, 4) is 5.75 Å². The van der Waals surface area contributed by atoms with E-state index in [1.165, 1.54) is 11.3 Å².